The summed E-state index contributed by atoms with van der Waals surface area (Å²) in [4.78, 5) is 24.0. The number of carbonyl (C=O) groups is 2. The molecule has 2 saturated carbocycles. The predicted molar refractivity (Wildman–Crippen MR) is 92.1 cm³/mol. The number of benzene rings is 1. The molecule has 126 valence electrons. The van der Waals surface area contributed by atoms with Crippen LogP contribution < -0.4 is 4.74 Å². The van der Waals surface area contributed by atoms with Gasteiger partial charge in [0.25, 0.3) is 0 Å². The molecule has 0 aliphatic heterocycles. The number of hydrogen-bond donors (Lipinski definition) is 0. The predicted octanol–water partition coefficient (Wildman–Crippen LogP) is 4.66. The normalized spacial score (nSPS) is 34.3. The molecule has 3 heteroatoms. The molecule has 24 heavy (non-hydrogen) atoms. The van der Waals surface area contributed by atoms with Gasteiger partial charge in [0, 0.05) is 18.9 Å². The fraction of sp³-hybridized carbons (Fsp3) is 0.524. The van der Waals surface area contributed by atoms with Crippen molar-refractivity contribution < 1.29 is 14.3 Å². The highest BCUT2D eigenvalue weighted by Gasteiger charge is 2.53. The summed E-state index contributed by atoms with van der Waals surface area (Å²) in [5.74, 6) is 1.78. The smallest absolute Gasteiger partial charge is 0.308 e. The quantitative estimate of drug-likeness (QED) is 0.428. The molecule has 0 saturated heterocycles. The Morgan fingerprint density at radius 2 is 2.12 bits per heavy atom. The summed E-state index contributed by atoms with van der Waals surface area (Å²) in [5, 5.41) is 0. The number of carbonyl (C=O) groups excluding carboxylic acids is 2. The van der Waals surface area contributed by atoms with Crippen molar-refractivity contribution in [3.8, 4) is 5.75 Å². The lowest BCUT2D eigenvalue weighted by atomic mass is 9.55. The molecule has 3 nitrogen and oxygen atoms in total. The van der Waals surface area contributed by atoms with Crippen LogP contribution in [0, 0.1) is 17.3 Å². The summed E-state index contributed by atoms with van der Waals surface area (Å²) < 4.78 is 5.16. The van der Waals surface area contributed by atoms with Gasteiger partial charge in [0.15, 0.2) is 5.78 Å². The molecular weight excluding hydrogens is 300 g/mol. The second kappa shape index (κ2) is 5.30. The highest BCUT2D eigenvalue weighted by Crippen LogP contribution is 2.62. The number of Topliss-reactive ketones (excluding diaryl/α,β-unsaturated/α-hetero) is 1. The summed E-state index contributed by atoms with van der Waals surface area (Å²) in [6.07, 6.45) is 5.18. The van der Waals surface area contributed by atoms with Gasteiger partial charge >= 0.3 is 5.97 Å². The zero-order valence-corrected chi connectivity index (χ0v) is 14.4. The molecule has 0 radical (unpaired) electrons. The minimum atomic E-state index is -0.353. The summed E-state index contributed by atoms with van der Waals surface area (Å²) >= 11 is 0. The highest BCUT2D eigenvalue weighted by atomic mass is 16.5. The van der Waals surface area contributed by atoms with Gasteiger partial charge in [-0.15, -0.1) is 0 Å². The molecule has 4 rings (SSSR count). The van der Waals surface area contributed by atoms with Gasteiger partial charge in [-0.25, -0.2) is 0 Å². The third kappa shape index (κ3) is 2.17. The first kappa shape index (κ1) is 15.6. The maximum absolute atomic E-state index is 12.8. The van der Waals surface area contributed by atoms with E-state index in [1.807, 2.05) is 12.1 Å². The van der Waals surface area contributed by atoms with E-state index in [0.717, 1.165) is 30.4 Å². The fourth-order valence-corrected chi connectivity index (χ4v) is 5.52. The molecule has 0 bridgehead atoms. The highest BCUT2D eigenvalue weighted by molar-refractivity contribution is 5.99. The van der Waals surface area contributed by atoms with Crippen LogP contribution in [0.15, 0.2) is 30.4 Å². The molecule has 0 heterocycles. The van der Waals surface area contributed by atoms with Crippen LogP contribution in [0.1, 0.15) is 67.8 Å². The second-order valence-electron chi connectivity index (χ2n) is 7.95. The Labute approximate surface area is 143 Å². The third-order valence-electron chi connectivity index (χ3n) is 6.80. The van der Waals surface area contributed by atoms with E-state index in [1.165, 1.54) is 18.9 Å². The summed E-state index contributed by atoms with van der Waals surface area (Å²) in [5.41, 5.74) is 3.52. The lowest BCUT2D eigenvalue weighted by molar-refractivity contribution is -0.131. The van der Waals surface area contributed by atoms with Crippen LogP contribution in [0.4, 0.5) is 0 Å². The minimum Gasteiger partial charge on any atom is -0.427 e. The second-order valence-corrected chi connectivity index (χ2v) is 7.95. The minimum absolute atomic E-state index is 0.196. The summed E-state index contributed by atoms with van der Waals surface area (Å²) in [6.45, 7) is 8.05. The van der Waals surface area contributed by atoms with Crippen LogP contribution in [-0.4, -0.2) is 11.8 Å². The number of ether oxygens (including phenoxy) is 1. The number of allylic oxidation sites excluding steroid dienone is 1. The molecule has 0 spiro atoms. The SMILES string of the molecule is C=C1CCC2C3CC(=O)c4cc(OC(C)=O)ccc4C3CC[C@]12C. The van der Waals surface area contributed by atoms with Crippen LogP contribution >= 0.6 is 0 Å². The molecule has 1 aromatic rings. The Bertz CT molecular complexity index is 747. The van der Waals surface area contributed by atoms with Crippen LogP contribution in [0.2, 0.25) is 0 Å². The Kier molecular flexibility index (Phi) is 3.45. The van der Waals surface area contributed by atoms with E-state index in [4.69, 9.17) is 4.74 Å². The molecule has 3 aliphatic carbocycles. The average Bonchev–Trinajstić information content (AvgIpc) is 2.83. The van der Waals surface area contributed by atoms with Crippen molar-refractivity contribution in [2.24, 2.45) is 17.3 Å². The molecule has 0 N–H and O–H groups in total. The van der Waals surface area contributed by atoms with Gasteiger partial charge in [0.05, 0.1) is 0 Å². The first-order chi connectivity index (χ1) is 11.4. The van der Waals surface area contributed by atoms with Crippen LogP contribution in [0.25, 0.3) is 0 Å². The van der Waals surface area contributed by atoms with E-state index in [1.54, 1.807) is 6.07 Å². The topological polar surface area (TPSA) is 43.4 Å². The van der Waals surface area contributed by atoms with Crippen molar-refractivity contribution in [2.75, 3.05) is 0 Å². The molecule has 2 fully saturated rings. The van der Waals surface area contributed by atoms with Crippen molar-refractivity contribution in [2.45, 2.75) is 51.9 Å². The van der Waals surface area contributed by atoms with Crippen molar-refractivity contribution >= 4 is 11.8 Å². The average molecular weight is 324 g/mol. The van der Waals surface area contributed by atoms with Crippen molar-refractivity contribution in [1.82, 2.24) is 0 Å². The zero-order valence-electron chi connectivity index (χ0n) is 14.4. The van der Waals surface area contributed by atoms with Crippen molar-refractivity contribution in [3.63, 3.8) is 0 Å². The summed E-state index contributed by atoms with van der Waals surface area (Å²) in [7, 11) is 0. The standard InChI is InChI=1S/C21H24O3/c1-12-4-7-19-17-11-20(23)18-10-14(24-13(2)22)5-6-15(18)16(17)8-9-21(12,19)3/h5-6,10,16-17,19H,1,4,7-9,11H2,2-3H3/t16?,17?,19?,21-/m1/s1. The van der Waals surface area contributed by atoms with E-state index in [0.29, 0.717) is 29.9 Å². The fourth-order valence-electron chi connectivity index (χ4n) is 5.52. The number of ketones is 1. The number of hydrogen-bond acceptors (Lipinski definition) is 3. The Hall–Kier alpha value is -1.90. The first-order valence-electron chi connectivity index (χ1n) is 8.94. The lowest BCUT2D eigenvalue weighted by Crippen LogP contribution is -2.41. The van der Waals surface area contributed by atoms with Gasteiger partial charge in [-0.1, -0.05) is 25.1 Å². The van der Waals surface area contributed by atoms with Gasteiger partial charge in [-0.3, -0.25) is 9.59 Å². The van der Waals surface area contributed by atoms with E-state index < -0.39 is 0 Å². The van der Waals surface area contributed by atoms with E-state index in [2.05, 4.69) is 13.5 Å². The van der Waals surface area contributed by atoms with E-state index in [9.17, 15) is 9.59 Å². The third-order valence-corrected chi connectivity index (χ3v) is 6.80. The Morgan fingerprint density at radius 1 is 1.33 bits per heavy atom. The largest absolute Gasteiger partial charge is 0.427 e. The monoisotopic (exact) mass is 324 g/mol. The van der Waals surface area contributed by atoms with Crippen molar-refractivity contribution in [1.29, 1.82) is 0 Å². The first-order valence-corrected chi connectivity index (χ1v) is 8.94. The zero-order chi connectivity index (χ0) is 17.1. The van der Waals surface area contributed by atoms with E-state index >= 15 is 0 Å². The van der Waals surface area contributed by atoms with Gasteiger partial charge in [-0.05, 0) is 66.5 Å². The molecule has 0 amide bonds. The van der Waals surface area contributed by atoms with Gasteiger partial charge in [-0.2, -0.15) is 0 Å². The van der Waals surface area contributed by atoms with Gasteiger partial charge in [0.2, 0.25) is 0 Å². The molecule has 3 aliphatic rings. The number of esters is 1. The molecular formula is C21H24O3. The van der Waals surface area contributed by atoms with Crippen LogP contribution in [-0.2, 0) is 4.79 Å². The molecule has 4 atom stereocenters. The van der Waals surface area contributed by atoms with Crippen molar-refractivity contribution in [3.05, 3.63) is 41.5 Å². The van der Waals surface area contributed by atoms with Crippen LogP contribution in [0.3, 0.4) is 0 Å². The molecule has 1 aromatic carbocycles. The Morgan fingerprint density at radius 3 is 2.88 bits per heavy atom. The number of rotatable bonds is 1. The maximum atomic E-state index is 12.8. The molecule has 3 unspecified atom stereocenters. The maximum Gasteiger partial charge on any atom is 0.308 e. The lowest BCUT2D eigenvalue weighted by Gasteiger charge is -2.49. The van der Waals surface area contributed by atoms with Gasteiger partial charge in [0.1, 0.15) is 5.75 Å². The van der Waals surface area contributed by atoms with E-state index in [-0.39, 0.29) is 17.2 Å². The van der Waals surface area contributed by atoms with Gasteiger partial charge < -0.3 is 4.74 Å². The number of fused-ring (bicyclic) bond motifs is 5. The summed E-state index contributed by atoms with van der Waals surface area (Å²) in [6, 6.07) is 5.60. The Balaban J connectivity index is 1.71. The van der Waals surface area contributed by atoms with Crippen LogP contribution in [0.5, 0.6) is 5.75 Å². The molecule has 0 aromatic heterocycles.